The molecule has 0 saturated carbocycles. The number of aliphatic carboxylic acids is 1. The van der Waals surface area contributed by atoms with Gasteiger partial charge in [-0.25, -0.2) is 0 Å². The highest BCUT2D eigenvalue weighted by molar-refractivity contribution is 5.74. The fraction of sp³-hybridized carbons (Fsp3) is 0.875. The first-order chi connectivity index (χ1) is 5.59. The Morgan fingerprint density at radius 3 is 2.42 bits per heavy atom. The van der Waals surface area contributed by atoms with Crippen LogP contribution in [0.1, 0.15) is 32.6 Å². The van der Waals surface area contributed by atoms with Crippen LogP contribution in [-0.4, -0.2) is 23.2 Å². The largest absolute Gasteiger partial charge is 0.480 e. The fourth-order valence-corrected chi connectivity index (χ4v) is 0.993. The highest BCUT2D eigenvalue weighted by Crippen LogP contribution is 2.03. The van der Waals surface area contributed by atoms with Gasteiger partial charge in [-0.3, -0.25) is 4.79 Å². The highest BCUT2D eigenvalue weighted by Gasteiger charge is 2.19. The third-order valence-electron chi connectivity index (χ3n) is 1.89. The summed E-state index contributed by atoms with van der Waals surface area (Å²) in [5, 5.41) is 8.50. The molecule has 0 rings (SSSR count). The van der Waals surface area contributed by atoms with E-state index in [2.05, 4.69) is 6.92 Å². The molecule has 0 aromatic carbocycles. The zero-order chi connectivity index (χ0) is 9.56. The first kappa shape index (κ1) is 11.4. The maximum absolute atomic E-state index is 10.4. The van der Waals surface area contributed by atoms with Gasteiger partial charge >= 0.3 is 5.97 Å². The second kappa shape index (κ2) is 5.97. The molecule has 2 atom stereocenters. The van der Waals surface area contributed by atoms with Gasteiger partial charge in [0.25, 0.3) is 0 Å². The molecule has 12 heavy (non-hydrogen) atoms. The Kier molecular flexibility index (Phi) is 5.66. The lowest BCUT2D eigenvalue weighted by Gasteiger charge is -2.14. The minimum absolute atomic E-state index is 0.408. The highest BCUT2D eigenvalue weighted by atomic mass is 16.4. The first-order valence-corrected chi connectivity index (χ1v) is 4.33. The average molecular weight is 174 g/mol. The van der Waals surface area contributed by atoms with E-state index in [1.54, 1.807) is 0 Å². The molecule has 72 valence electrons. The van der Waals surface area contributed by atoms with Gasteiger partial charge < -0.3 is 16.6 Å². The van der Waals surface area contributed by atoms with Crippen LogP contribution < -0.4 is 11.5 Å². The van der Waals surface area contributed by atoms with Crippen LogP contribution in [0, 0.1) is 0 Å². The van der Waals surface area contributed by atoms with Crippen molar-refractivity contribution in [3.05, 3.63) is 0 Å². The summed E-state index contributed by atoms with van der Waals surface area (Å²) in [5.41, 5.74) is 10.9. The standard InChI is InChI=1S/C8H18N2O2/c1-2-3-4-5-6(9)7(10)8(11)12/h6-7H,2-5,9-10H2,1H3,(H,11,12)/t6?,7-/m1/s1. The van der Waals surface area contributed by atoms with E-state index in [1.165, 1.54) is 0 Å². The van der Waals surface area contributed by atoms with Gasteiger partial charge in [0.05, 0.1) is 0 Å². The molecular weight excluding hydrogens is 156 g/mol. The second-order valence-electron chi connectivity index (χ2n) is 3.02. The minimum atomic E-state index is -1.01. The molecule has 0 aliphatic heterocycles. The molecule has 1 unspecified atom stereocenters. The van der Waals surface area contributed by atoms with Crippen LogP contribution in [0.5, 0.6) is 0 Å². The van der Waals surface area contributed by atoms with Gasteiger partial charge in [0, 0.05) is 6.04 Å². The van der Waals surface area contributed by atoms with Crippen LogP contribution in [0.3, 0.4) is 0 Å². The summed E-state index contributed by atoms with van der Waals surface area (Å²) < 4.78 is 0. The predicted molar refractivity (Wildman–Crippen MR) is 47.7 cm³/mol. The van der Waals surface area contributed by atoms with Crippen LogP contribution in [0.25, 0.3) is 0 Å². The second-order valence-corrected chi connectivity index (χ2v) is 3.02. The number of carbonyl (C=O) groups is 1. The molecule has 0 aliphatic rings. The Labute approximate surface area is 72.9 Å². The Morgan fingerprint density at radius 1 is 1.42 bits per heavy atom. The van der Waals surface area contributed by atoms with Crippen LogP contribution in [-0.2, 0) is 4.79 Å². The molecular formula is C8H18N2O2. The monoisotopic (exact) mass is 174 g/mol. The summed E-state index contributed by atoms with van der Waals surface area (Å²) in [6, 6.07) is -1.32. The van der Waals surface area contributed by atoms with Gasteiger partial charge in [-0.05, 0) is 6.42 Å². The van der Waals surface area contributed by atoms with Gasteiger partial charge in [-0.2, -0.15) is 0 Å². The number of rotatable bonds is 6. The topological polar surface area (TPSA) is 89.3 Å². The molecule has 0 spiro atoms. The van der Waals surface area contributed by atoms with Gasteiger partial charge in [-0.15, -0.1) is 0 Å². The normalized spacial score (nSPS) is 15.6. The van der Waals surface area contributed by atoms with Gasteiger partial charge in [0.2, 0.25) is 0 Å². The van der Waals surface area contributed by atoms with E-state index in [9.17, 15) is 4.79 Å². The number of nitrogens with two attached hydrogens (primary N) is 2. The van der Waals surface area contributed by atoms with Crippen molar-refractivity contribution < 1.29 is 9.90 Å². The van der Waals surface area contributed by atoms with Crippen molar-refractivity contribution in [3.63, 3.8) is 0 Å². The van der Waals surface area contributed by atoms with E-state index in [0.717, 1.165) is 19.3 Å². The summed E-state index contributed by atoms with van der Waals surface area (Å²) in [5.74, 6) is -1.01. The summed E-state index contributed by atoms with van der Waals surface area (Å²) in [7, 11) is 0. The molecule has 0 aliphatic carbocycles. The van der Waals surface area contributed by atoms with Gasteiger partial charge in [0.15, 0.2) is 0 Å². The first-order valence-electron chi connectivity index (χ1n) is 4.33. The van der Waals surface area contributed by atoms with Crippen molar-refractivity contribution in [2.24, 2.45) is 11.5 Å². The number of hydrogen-bond donors (Lipinski definition) is 3. The van der Waals surface area contributed by atoms with Gasteiger partial charge in [0.1, 0.15) is 6.04 Å². The lowest BCUT2D eigenvalue weighted by Crippen LogP contribution is -2.46. The molecule has 0 radical (unpaired) electrons. The zero-order valence-electron chi connectivity index (χ0n) is 7.49. The van der Waals surface area contributed by atoms with Crippen molar-refractivity contribution in [2.45, 2.75) is 44.7 Å². The van der Waals surface area contributed by atoms with Crippen molar-refractivity contribution in [3.8, 4) is 0 Å². The zero-order valence-corrected chi connectivity index (χ0v) is 7.49. The maximum Gasteiger partial charge on any atom is 0.322 e. The number of carboxylic acids is 1. The lowest BCUT2D eigenvalue weighted by molar-refractivity contribution is -0.139. The van der Waals surface area contributed by atoms with E-state index in [4.69, 9.17) is 16.6 Å². The van der Waals surface area contributed by atoms with Crippen molar-refractivity contribution in [1.29, 1.82) is 0 Å². The predicted octanol–water partition coefficient (Wildman–Crippen LogP) is 0.306. The maximum atomic E-state index is 10.4. The smallest absolute Gasteiger partial charge is 0.322 e. The van der Waals surface area contributed by atoms with E-state index >= 15 is 0 Å². The lowest BCUT2D eigenvalue weighted by atomic mass is 10.0. The summed E-state index contributed by atoms with van der Waals surface area (Å²) >= 11 is 0. The van der Waals surface area contributed by atoms with E-state index in [0.29, 0.717) is 6.42 Å². The molecule has 0 saturated heterocycles. The summed E-state index contributed by atoms with van der Waals surface area (Å²) in [4.78, 5) is 10.4. The number of hydrogen-bond acceptors (Lipinski definition) is 3. The number of unbranched alkanes of at least 4 members (excludes halogenated alkanes) is 2. The molecule has 0 amide bonds. The average Bonchev–Trinajstić information content (AvgIpc) is 2.03. The van der Waals surface area contributed by atoms with E-state index in [1.807, 2.05) is 0 Å². The molecule has 5 N–H and O–H groups in total. The van der Waals surface area contributed by atoms with Crippen LogP contribution in [0.15, 0.2) is 0 Å². The molecule has 0 aromatic rings. The van der Waals surface area contributed by atoms with Crippen LogP contribution in [0.4, 0.5) is 0 Å². The molecule has 0 fully saturated rings. The molecule has 4 nitrogen and oxygen atoms in total. The Morgan fingerprint density at radius 2 is 2.00 bits per heavy atom. The van der Waals surface area contributed by atoms with Crippen molar-refractivity contribution >= 4 is 5.97 Å². The fourth-order valence-electron chi connectivity index (χ4n) is 0.993. The Bertz CT molecular complexity index is 139. The van der Waals surface area contributed by atoms with Crippen LogP contribution in [0.2, 0.25) is 0 Å². The molecule has 0 heterocycles. The SMILES string of the molecule is CCCCCC(N)[C@@H](N)C(=O)O. The third-order valence-corrected chi connectivity index (χ3v) is 1.89. The number of carboxylic acid groups (broad SMARTS) is 1. The van der Waals surface area contributed by atoms with E-state index in [-0.39, 0.29) is 0 Å². The quantitative estimate of drug-likeness (QED) is 0.505. The van der Waals surface area contributed by atoms with Gasteiger partial charge in [-0.1, -0.05) is 26.2 Å². The van der Waals surface area contributed by atoms with Crippen molar-refractivity contribution in [2.75, 3.05) is 0 Å². The van der Waals surface area contributed by atoms with Crippen LogP contribution >= 0.6 is 0 Å². The van der Waals surface area contributed by atoms with Crippen molar-refractivity contribution in [1.82, 2.24) is 0 Å². The Balaban J connectivity index is 3.56. The Hall–Kier alpha value is -0.610. The molecule has 0 aromatic heterocycles. The minimum Gasteiger partial charge on any atom is -0.480 e. The van der Waals surface area contributed by atoms with E-state index < -0.39 is 18.1 Å². The summed E-state index contributed by atoms with van der Waals surface area (Å²) in [6.07, 6.45) is 3.84. The molecule has 0 bridgehead atoms. The molecule has 4 heteroatoms. The third kappa shape index (κ3) is 4.31. The summed E-state index contributed by atoms with van der Waals surface area (Å²) in [6.45, 7) is 2.09.